The van der Waals surface area contributed by atoms with E-state index in [0.717, 1.165) is 41.9 Å². The van der Waals surface area contributed by atoms with Crippen molar-refractivity contribution in [1.29, 1.82) is 0 Å². The number of aryl methyl sites for hydroxylation is 1. The summed E-state index contributed by atoms with van der Waals surface area (Å²) in [5.41, 5.74) is 3.23. The van der Waals surface area contributed by atoms with E-state index in [1.54, 1.807) is 23.7 Å². The van der Waals surface area contributed by atoms with Crippen molar-refractivity contribution in [2.75, 3.05) is 11.9 Å². The highest BCUT2D eigenvalue weighted by atomic mass is 32.1. The van der Waals surface area contributed by atoms with Crippen LogP contribution >= 0.6 is 11.3 Å². The molecular formula is C19H20N4OS. The maximum atomic E-state index is 10.8. The minimum atomic E-state index is -0.937. The number of hydrogen-bond donors (Lipinski definition) is 2. The molecule has 3 aromatic rings. The summed E-state index contributed by atoms with van der Waals surface area (Å²) in [5.74, 6) is 1.55. The molecule has 128 valence electrons. The lowest BCUT2D eigenvalue weighted by atomic mass is 9.99. The van der Waals surface area contributed by atoms with Crippen molar-refractivity contribution in [3.63, 3.8) is 0 Å². The third-order valence-electron chi connectivity index (χ3n) is 4.61. The molecule has 3 aromatic heterocycles. The quantitative estimate of drug-likeness (QED) is 0.736. The second-order valence-corrected chi connectivity index (χ2v) is 7.33. The van der Waals surface area contributed by atoms with Gasteiger partial charge in [-0.2, -0.15) is 11.3 Å². The van der Waals surface area contributed by atoms with Crippen LogP contribution in [0, 0.1) is 0 Å². The van der Waals surface area contributed by atoms with Crippen molar-refractivity contribution in [2.45, 2.75) is 31.8 Å². The van der Waals surface area contributed by atoms with Gasteiger partial charge in [0.25, 0.3) is 0 Å². The molecule has 2 N–H and O–H groups in total. The van der Waals surface area contributed by atoms with Crippen LogP contribution in [0.4, 0.5) is 5.82 Å². The Balaban J connectivity index is 1.64. The van der Waals surface area contributed by atoms with E-state index in [-0.39, 0.29) is 0 Å². The first-order chi connectivity index (χ1) is 12.1. The van der Waals surface area contributed by atoms with Crippen molar-refractivity contribution in [3.05, 3.63) is 58.2 Å². The van der Waals surface area contributed by atoms with Crippen molar-refractivity contribution in [3.8, 4) is 11.4 Å². The molecule has 4 rings (SSSR count). The Hall–Kier alpha value is -2.31. The predicted molar refractivity (Wildman–Crippen MR) is 99.7 cm³/mol. The van der Waals surface area contributed by atoms with Crippen LogP contribution in [0.1, 0.15) is 30.2 Å². The molecule has 0 spiro atoms. The standard InChI is InChI=1S/C19H20N4OS/c1-19(24,14-7-10-25-11-14)12-21-18-15-3-2-4-16(15)22-17(23-18)13-5-8-20-9-6-13/h5-11,24H,2-4,12H2,1H3,(H,21,22,23). The Morgan fingerprint density at radius 3 is 2.80 bits per heavy atom. The summed E-state index contributed by atoms with van der Waals surface area (Å²) in [6, 6.07) is 5.79. The molecule has 0 saturated carbocycles. The Kier molecular flexibility index (Phi) is 4.23. The number of pyridine rings is 1. The zero-order chi connectivity index (χ0) is 17.3. The molecule has 6 heteroatoms. The largest absolute Gasteiger partial charge is 0.384 e. The summed E-state index contributed by atoms with van der Waals surface area (Å²) in [5, 5.41) is 18.1. The maximum Gasteiger partial charge on any atom is 0.161 e. The van der Waals surface area contributed by atoms with E-state index in [0.29, 0.717) is 12.4 Å². The van der Waals surface area contributed by atoms with E-state index in [1.165, 1.54) is 5.56 Å². The van der Waals surface area contributed by atoms with Crippen LogP contribution in [0.3, 0.4) is 0 Å². The second kappa shape index (κ2) is 6.54. The fraction of sp³-hybridized carbons (Fsp3) is 0.316. The van der Waals surface area contributed by atoms with Gasteiger partial charge in [0.05, 0.1) is 0 Å². The van der Waals surface area contributed by atoms with Crippen LogP contribution in [0.25, 0.3) is 11.4 Å². The first kappa shape index (κ1) is 16.2. The third-order valence-corrected chi connectivity index (χ3v) is 5.30. The Morgan fingerprint density at radius 2 is 2.04 bits per heavy atom. The first-order valence-corrected chi connectivity index (χ1v) is 9.37. The summed E-state index contributed by atoms with van der Waals surface area (Å²) < 4.78 is 0. The van der Waals surface area contributed by atoms with Crippen LogP contribution in [-0.2, 0) is 18.4 Å². The van der Waals surface area contributed by atoms with Gasteiger partial charge in [0.1, 0.15) is 11.4 Å². The number of nitrogens with one attached hydrogen (secondary N) is 1. The zero-order valence-corrected chi connectivity index (χ0v) is 14.9. The van der Waals surface area contributed by atoms with Crippen LogP contribution in [0.15, 0.2) is 41.4 Å². The van der Waals surface area contributed by atoms with Gasteiger partial charge < -0.3 is 10.4 Å². The molecule has 25 heavy (non-hydrogen) atoms. The van der Waals surface area contributed by atoms with Gasteiger partial charge in [-0.1, -0.05) is 0 Å². The number of fused-ring (bicyclic) bond motifs is 1. The lowest BCUT2D eigenvalue weighted by molar-refractivity contribution is 0.0719. The SMILES string of the molecule is CC(O)(CNc1nc(-c2ccncc2)nc2c1CCC2)c1ccsc1. The Bertz CT molecular complexity index is 863. The highest BCUT2D eigenvalue weighted by Gasteiger charge is 2.26. The zero-order valence-electron chi connectivity index (χ0n) is 14.1. The van der Waals surface area contributed by atoms with Crippen molar-refractivity contribution in [2.24, 2.45) is 0 Å². The van der Waals surface area contributed by atoms with E-state index in [2.05, 4.69) is 10.3 Å². The van der Waals surface area contributed by atoms with Gasteiger partial charge in [0.15, 0.2) is 5.82 Å². The first-order valence-electron chi connectivity index (χ1n) is 8.42. The summed E-state index contributed by atoms with van der Waals surface area (Å²) in [7, 11) is 0. The van der Waals surface area contributed by atoms with Gasteiger partial charge in [-0.05, 0) is 60.7 Å². The van der Waals surface area contributed by atoms with Gasteiger partial charge in [0.2, 0.25) is 0 Å². The topological polar surface area (TPSA) is 70.9 Å². The Morgan fingerprint density at radius 1 is 1.20 bits per heavy atom. The van der Waals surface area contributed by atoms with Gasteiger partial charge in [-0.25, -0.2) is 9.97 Å². The van der Waals surface area contributed by atoms with Crippen molar-refractivity contribution >= 4 is 17.2 Å². The molecule has 0 fully saturated rings. The van der Waals surface area contributed by atoms with Gasteiger partial charge >= 0.3 is 0 Å². The molecule has 0 amide bonds. The number of thiophene rings is 1. The molecule has 0 radical (unpaired) electrons. The number of aliphatic hydroxyl groups is 1. The highest BCUT2D eigenvalue weighted by Crippen LogP contribution is 2.30. The van der Waals surface area contributed by atoms with Gasteiger partial charge in [-0.3, -0.25) is 4.98 Å². The van der Waals surface area contributed by atoms with Crippen LogP contribution in [0.5, 0.6) is 0 Å². The van der Waals surface area contributed by atoms with Gasteiger partial charge in [0, 0.05) is 35.8 Å². The minimum Gasteiger partial charge on any atom is -0.384 e. The number of aromatic nitrogens is 3. The van der Waals surface area contributed by atoms with E-state index >= 15 is 0 Å². The lowest BCUT2D eigenvalue weighted by Gasteiger charge is -2.24. The Labute approximate surface area is 150 Å². The molecule has 0 saturated heterocycles. The third kappa shape index (κ3) is 3.27. The van der Waals surface area contributed by atoms with E-state index in [9.17, 15) is 5.11 Å². The van der Waals surface area contributed by atoms with E-state index in [4.69, 9.17) is 9.97 Å². The molecule has 1 aliphatic rings. The normalized spacial score (nSPS) is 15.6. The predicted octanol–water partition coefficient (Wildman–Crippen LogP) is 3.41. The van der Waals surface area contributed by atoms with E-state index < -0.39 is 5.60 Å². The molecule has 0 aromatic carbocycles. The number of anilines is 1. The smallest absolute Gasteiger partial charge is 0.161 e. The number of nitrogens with zero attached hydrogens (tertiary/aromatic N) is 3. The highest BCUT2D eigenvalue weighted by molar-refractivity contribution is 7.08. The fourth-order valence-electron chi connectivity index (χ4n) is 3.14. The van der Waals surface area contributed by atoms with Crippen LogP contribution in [0.2, 0.25) is 0 Å². The second-order valence-electron chi connectivity index (χ2n) is 6.55. The molecule has 1 aliphatic carbocycles. The van der Waals surface area contributed by atoms with Crippen molar-refractivity contribution < 1.29 is 5.11 Å². The summed E-state index contributed by atoms with van der Waals surface area (Å²) in [6.07, 6.45) is 6.56. The van der Waals surface area contributed by atoms with Crippen LogP contribution in [-0.4, -0.2) is 26.6 Å². The van der Waals surface area contributed by atoms with Crippen LogP contribution < -0.4 is 5.32 Å². The summed E-state index contributed by atoms with van der Waals surface area (Å²) in [4.78, 5) is 13.5. The average molecular weight is 352 g/mol. The molecule has 0 bridgehead atoms. The number of hydrogen-bond acceptors (Lipinski definition) is 6. The molecule has 1 unspecified atom stereocenters. The monoisotopic (exact) mass is 352 g/mol. The maximum absolute atomic E-state index is 10.8. The molecular weight excluding hydrogens is 332 g/mol. The molecule has 1 atom stereocenters. The average Bonchev–Trinajstić information content (AvgIpc) is 3.32. The van der Waals surface area contributed by atoms with E-state index in [1.807, 2.05) is 35.9 Å². The molecule has 3 heterocycles. The minimum absolute atomic E-state index is 0.406. The fourth-order valence-corrected chi connectivity index (χ4v) is 3.92. The lowest BCUT2D eigenvalue weighted by Crippen LogP contribution is -2.30. The summed E-state index contributed by atoms with van der Waals surface area (Å²) >= 11 is 1.59. The summed E-state index contributed by atoms with van der Waals surface area (Å²) in [6.45, 7) is 2.23. The number of rotatable bonds is 5. The van der Waals surface area contributed by atoms with Gasteiger partial charge in [-0.15, -0.1) is 0 Å². The van der Waals surface area contributed by atoms with Crippen molar-refractivity contribution in [1.82, 2.24) is 15.0 Å². The molecule has 5 nitrogen and oxygen atoms in total. The molecule has 0 aliphatic heterocycles.